The molecule has 178 valence electrons. The molecule has 0 spiro atoms. The number of hydrogen-bond donors (Lipinski definition) is 0. The summed E-state index contributed by atoms with van der Waals surface area (Å²) in [7, 11) is 0. The van der Waals surface area contributed by atoms with Crippen molar-refractivity contribution in [3.8, 4) is 22.5 Å². The van der Waals surface area contributed by atoms with Crippen LogP contribution in [-0.4, -0.2) is 22.7 Å². The van der Waals surface area contributed by atoms with E-state index in [1.165, 1.54) is 36.0 Å². The summed E-state index contributed by atoms with van der Waals surface area (Å²) in [4.78, 5) is 8.96. The van der Waals surface area contributed by atoms with E-state index in [1.807, 2.05) is 18.5 Å². The third-order valence-electron chi connectivity index (χ3n) is 5.91. The molecule has 1 atom stereocenters. The summed E-state index contributed by atoms with van der Waals surface area (Å²) < 4.78 is 5.88. The maximum absolute atomic E-state index is 5.88. The first-order valence-corrected chi connectivity index (χ1v) is 12.6. The van der Waals surface area contributed by atoms with Gasteiger partial charge in [-0.2, -0.15) is 0 Å². The van der Waals surface area contributed by atoms with Crippen molar-refractivity contribution in [2.45, 2.75) is 64.9 Å². The van der Waals surface area contributed by atoms with Crippen molar-refractivity contribution in [3.05, 3.63) is 90.8 Å². The lowest BCUT2D eigenvalue weighted by molar-refractivity contribution is 0.0566. The fourth-order valence-electron chi connectivity index (χ4n) is 3.84. The van der Waals surface area contributed by atoms with E-state index in [-0.39, 0.29) is 0 Å². The molecule has 1 unspecified atom stereocenters. The Labute approximate surface area is 205 Å². The van der Waals surface area contributed by atoms with E-state index in [9.17, 15) is 0 Å². The molecule has 3 aromatic rings. The Kier molecular flexibility index (Phi) is 10.7. The number of benzene rings is 2. The Morgan fingerprint density at radius 2 is 1.53 bits per heavy atom. The molecule has 0 saturated carbocycles. The normalized spacial score (nSPS) is 12.2. The van der Waals surface area contributed by atoms with Crippen LogP contribution in [0.25, 0.3) is 28.6 Å². The molecule has 3 heteroatoms. The summed E-state index contributed by atoms with van der Waals surface area (Å²) in [6, 6.07) is 17.2. The average molecular weight is 455 g/mol. The fourth-order valence-corrected chi connectivity index (χ4v) is 3.84. The molecule has 0 fully saturated rings. The molecule has 0 amide bonds. The lowest BCUT2D eigenvalue weighted by Crippen LogP contribution is -2.08. The van der Waals surface area contributed by atoms with Gasteiger partial charge < -0.3 is 4.74 Å². The highest BCUT2D eigenvalue weighted by atomic mass is 16.5. The Morgan fingerprint density at radius 1 is 0.882 bits per heavy atom. The van der Waals surface area contributed by atoms with Gasteiger partial charge in [-0.3, -0.25) is 0 Å². The third kappa shape index (κ3) is 8.39. The molecule has 34 heavy (non-hydrogen) atoms. The van der Waals surface area contributed by atoms with Gasteiger partial charge in [0.15, 0.2) is 5.82 Å². The first-order valence-electron chi connectivity index (χ1n) is 12.6. The molecule has 0 saturated heterocycles. The quantitative estimate of drug-likeness (QED) is 0.181. The van der Waals surface area contributed by atoms with Gasteiger partial charge >= 0.3 is 0 Å². The molecule has 0 N–H and O–H groups in total. The van der Waals surface area contributed by atoms with Gasteiger partial charge in [-0.25, -0.2) is 9.97 Å². The van der Waals surface area contributed by atoms with Gasteiger partial charge in [-0.15, -0.1) is 6.58 Å². The molecule has 3 rings (SSSR count). The predicted molar refractivity (Wildman–Crippen MR) is 145 cm³/mol. The van der Waals surface area contributed by atoms with Gasteiger partial charge in [0.2, 0.25) is 0 Å². The number of rotatable bonds is 14. The number of ether oxygens (including phenoxy) is 1. The van der Waals surface area contributed by atoms with Crippen molar-refractivity contribution in [3.63, 3.8) is 0 Å². The van der Waals surface area contributed by atoms with E-state index in [0.717, 1.165) is 49.2 Å². The highest BCUT2D eigenvalue weighted by Gasteiger charge is 2.04. The molecule has 0 aliphatic rings. The minimum atomic E-state index is 0.360. The summed E-state index contributed by atoms with van der Waals surface area (Å²) in [6.45, 7) is 9.07. The molecular weight excluding hydrogens is 416 g/mol. The molecule has 0 aliphatic heterocycles. The maximum Gasteiger partial charge on any atom is 0.159 e. The van der Waals surface area contributed by atoms with E-state index < -0.39 is 0 Å². The standard InChI is InChI=1S/C31H38N2O/c1-4-6-10-22-34-25(3)12-8-7-9-13-26-14-16-28(17-15-26)29-18-20-30(21-19-29)31-32-23-27(11-5-2)24-33-31/h5,9,13-21,23-25H,2,4,6-8,10-12,22H2,1,3H3. The van der Waals surface area contributed by atoms with Crippen LogP contribution in [0, 0.1) is 0 Å². The van der Waals surface area contributed by atoms with Crippen molar-refractivity contribution >= 4 is 6.08 Å². The lowest BCUT2D eigenvalue weighted by atomic mass is 10.0. The second kappa shape index (κ2) is 14.3. The average Bonchev–Trinajstić information content (AvgIpc) is 2.88. The molecule has 0 bridgehead atoms. The van der Waals surface area contributed by atoms with Crippen LogP contribution < -0.4 is 0 Å². The van der Waals surface area contributed by atoms with Gasteiger partial charge in [0.05, 0.1) is 6.10 Å². The van der Waals surface area contributed by atoms with Crippen LogP contribution in [0.3, 0.4) is 0 Å². The number of hydrogen-bond acceptors (Lipinski definition) is 3. The predicted octanol–water partition coefficient (Wildman–Crippen LogP) is 8.32. The Balaban J connectivity index is 1.46. The summed E-state index contributed by atoms with van der Waals surface area (Å²) in [5.74, 6) is 0.747. The largest absolute Gasteiger partial charge is 0.379 e. The van der Waals surface area contributed by atoms with Gasteiger partial charge in [0.25, 0.3) is 0 Å². The highest BCUT2D eigenvalue weighted by Crippen LogP contribution is 2.24. The van der Waals surface area contributed by atoms with E-state index in [2.05, 4.69) is 91.1 Å². The first-order chi connectivity index (χ1) is 16.7. The second-order valence-corrected chi connectivity index (χ2v) is 8.83. The van der Waals surface area contributed by atoms with Gasteiger partial charge in [-0.1, -0.05) is 86.5 Å². The fraction of sp³-hybridized carbons (Fsp3) is 0.355. The second-order valence-electron chi connectivity index (χ2n) is 8.83. The van der Waals surface area contributed by atoms with E-state index in [4.69, 9.17) is 4.74 Å². The summed E-state index contributed by atoms with van der Waals surface area (Å²) >= 11 is 0. The zero-order chi connectivity index (χ0) is 24.0. The van der Waals surface area contributed by atoms with Crippen LogP contribution in [0.15, 0.2) is 79.7 Å². The number of allylic oxidation sites excluding steroid dienone is 2. The topological polar surface area (TPSA) is 35.0 Å². The number of unbranched alkanes of at least 4 members (excludes halogenated alkanes) is 3. The minimum Gasteiger partial charge on any atom is -0.379 e. The van der Waals surface area contributed by atoms with Crippen LogP contribution in [0.1, 0.15) is 63.5 Å². The smallest absolute Gasteiger partial charge is 0.159 e. The highest BCUT2D eigenvalue weighted by molar-refractivity contribution is 5.69. The Morgan fingerprint density at radius 3 is 2.18 bits per heavy atom. The van der Waals surface area contributed by atoms with Crippen LogP contribution in [-0.2, 0) is 11.2 Å². The van der Waals surface area contributed by atoms with Crippen molar-refractivity contribution in [2.75, 3.05) is 6.61 Å². The van der Waals surface area contributed by atoms with Crippen LogP contribution in [0.2, 0.25) is 0 Å². The summed E-state index contributed by atoms with van der Waals surface area (Å²) in [6.07, 6.45) is 18.3. The molecule has 2 aromatic carbocycles. The van der Waals surface area contributed by atoms with Gasteiger partial charge in [-0.05, 0) is 61.3 Å². The number of aromatic nitrogens is 2. The van der Waals surface area contributed by atoms with Crippen LogP contribution in [0.4, 0.5) is 0 Å². The van der Waals surface area contributed by atoms with E-state index >= 15 is 0 Å². The van der Waals surface area contributed by atoms with Crippen LogP contribution >= 0.6 is 0 Å². The van der Waals surface area contributed by atoms with E-state index in [0.29, 0.717) is 6.10 Å². The summed E-state index contributed by atoms with van der Waals surface area (Å²) in [5, 5.41) is 0. The van der Waals surface area contributed by atoms with E-state index in [1.54, 1.807) is 0 Å². The zero-order valence-electron chi connectivity index (χ0n) is 20.7. The van der Waals surface area contributed by atoms with Crippen molar-refractivity contribution < 1.29 is 4.74 Å². The molecule has 3 nitrogen and oxygen atoms in total. The molecule has 1 aromatic heterocycles. The SMILES string of the molecule is C=CCc1cnc(-c2ccc(-c3ccc(C=CCCCC(C)OCCCCC)cc3)cc2)nc1. The third-order valence-corrected chi connectivity index (χ3v) is 5.91. The Bertz CT molecular complexity index is 1000. The molecule has 0 aliphatic carbocycles. The molecule has 1 heterocycles. The minimum absolute atomic E-state index is 0.360. The lowest BCUT2D eigenvalue weighted by Gasteiger charge is -2.12. The van der Waals surface area contributed by atoms with Gasteiger partial charge in [0, 0.05) is 24.6 Å². The molecular formula is C31H38N2O. The monoisotopic (exact) mass is 454 g/mol. The van der Waals surface area contributed by atoms with Crippen molar-refractivity contribution in [1.29, 1.82) is 0 Å². The zero-order valence-corrected chi connectivity index (χ0v) is 20.7. The van der Waals surface area contributed by atoms with Crippen LogP contribution in [0.5, 0.6) is 0 Å². The van der Waals surface area contributed by atoms with Gasteiger partial charge in [0.1, 0.15) is 0 Å². The first kappa shape index (κ1) is 25.6. The molecule has 0 radical (unpaired) electrons. The maximum atomic E-state index is 5.88. The van der Waals surface area contributed by atoms with Crippen molar-refractivity contribution in [2.24, 2.45) is 0 Å². The Hall–Kier alpha value is -3.04. The van der Waals surface area contributed by atoms with Crippen molar-refractivity contribution in [1.82, 2.24) is 9.97 Å². The summed E-state index contributed by atoms with van der Waals surface area (Å²) in [5.41, 5.74) is 5.73. The number of nitrogens with zero attached hydrogens (tertiary/aromatic N) is 2.